The van der Waals surface area contributed by atoms with Crippen molar-refractivity contribution in [1.82, 2.24) is 0 Å². The molecule has 0 rings (SSSR count). The van der Waals surface area contributed by atoms with Gasteiger partial charge in [-0.05, 0) is 6.92 Å². The highest BCUT2D eigenvalue weighted by atomic mass is 16.6. The Morgan fingerprint density at radius 2 is 0.917 bits per heavy atom. The van der Waals surface area contributed by atoms with Crippen LogP contribution in [-0.2, 0) is 0 Å². The summed E-state index contributed by atoms with van der Waals surface area (Å²) < 4.78 is 0. The first-order valence-electron chi connectivity index (χ1n) is 2.38. The lowest BCUT2D eigenvalue weighted by atomic mass is 10.7. The van der Waals surface area contributed by atoms with Crippen molar-refractivity contribution in [2.24, 2.45) is 0 Å². The van der Waals surface area contributed by atoms with Gasteiger partial charge in [0.05, 0.1) is 5.76 Å². The molecule has 0 aliphatic carbocycles. The monoisotopic (exact) mass is 182 g/mol. The van der Waals surface area contributed by atoms with Crippen LogP contribution >= 0.6 is 0 Å². The van der Waals surface area contributed by atoms with Gasteiger partial charge in [-0.3, -0.25) is 0 Å². The maximum absolute atomic E-state index is 8.56. The minimum Gasteiger partial charge on any atom is -0.513 e. The topological polar surface area (TPSA) is 135 Å². The Bertz CT molecular complexity index is 109. The molecule has 0 aromatic heterocycles. The van der Waals surface area contributed by atoms with Crippen LogP contribution < -0.4 is 0 Å². The molecule has 0 aliphatic heterocycles. The molecule has 0 radical (unpaired) electrons. The number of carboxylic acid groups (broad SMARTS) is 4. The second-order valence-electron chi connectivity index (χ2n) is 1.30. The van der Waals surface area contributed by atoms with Crippen molar-refractivity contribution < 1.29 is 35.1 Å². The molecular formula is C5H10O7. The molecule has 0 amide bonds. The van der Waals surface area contributed by atoms with Crippen LogP contribution in [0.3, 0.4) is 0 Å². The highest BCUT2D eigenvalue weighted by molar-refractivity contribution is 5.53. The first-order chi connectivity index (χ1) is 5.20. The van der Waals surface area contributed by atoms with Crippen LogP contribution in [0.2, 0.25) is 0 Å². The number of aliphatic hydroxyl groups excluding tert-OH is 1. The minimum atomic E-state index is -1.83. The van der Waals surface area contributed by atoms with Crippen molar-refractivity contribution >= 4 is 12.3 Å². The third-order valence-electron chi connectivity index (χ3n) is 0. The summed E-state index contributed by atoms with van der Waals surface area (Å²) >= 11 is 0. The normalized spacial score (nSPS) is 6.08. The van der Waals surface area contributed by atoms with Gasteiger partial charge in [0.1, 0.15) is 0 Å². The van der Waals surface area contributed by atoms with Crippen molar-refractivity contribution in [2.45, 2.75) is 6.92 Å². The molecule has 12 heavy (non-hydrogen) atoms. The summed E-state index contributed by atoms with van der Waals surface area (Å²) in [6.45, 7) is 4.64. The first-order valence-corrected chi connectivity index (χ1v) is 2.38. The van der Waals surface area contributed by atoms with Crippen LogP contribution in [0.25, 0.3) is 0 Å². The van der Waals surface area contributed by atoms with Crippen molar-refractivity contribution in [3.8, 4) is 0 Å². The van der Waals surface area contributed by atoms with E-state index in [-0.39, 0.29) is 5.76 Å². The van der Waals surface area contributed by atoms with Gasteiger partial charge in [0.2, 0.25) is 0 Å². The molecule has 0 aromatic carbocycles. The summed E-state index contributed by atoms with van der Waals surface area (Å²) in [5, 5.41) is 35.8. The Labute approximate surface area is 67.8 Å². The summed E-state index contributed by atoms with van der Waals surface area (Å²) in [6.07, 6.45) is -3.67. The Kier molecular flexibility index (Phi) is 16.3. The van der Waals surface area contributed by atoms with Gasteiger partial charge in [0, 0.05) is 0 Å². The molecule has 5 N–H and O–H groups in total. The zero-order chi connectivity index (χ0) is 10.7. The van der Waals surface area contributed by atoms with Gasteiger partial charge >= 0.3 is 12.3 Å². The van der Waals surface area contributed by atoms with Gasteiger partial charge in [-0.25, -0.2) is 9.59 Å². The van der Waals surface area contributed by atoms with Gasteiger partial charge < -0.3 is 25.5 Å². The van der Waals surface area contributed by atoms with E-state index in [1.54, 1.807) is 0 Å². The second-order valence-corrected chi connectivity index (χ2v) is 1.30. The van der Waals surface area contributed by atoms with Gasteiger partial charge in [-0.15, -0.1) is 0 Å². The van der Waals surface area contributed by atoms with Crippen molar-refractivity contribution in [3.05, 3.63) is 12.3 Å². The molecule has 0 aromatic rings. The van der Waals surface area contributed by atoms with Gasteiger partial charge in [0.25, 0.3) is 0 Å². The molecule has 0 saturated heterocycles. The maximum atomic E-state index is 8.56. The Morgan fingerprint density at radius 1 is 0.917 bits per heavy atom. The molecule has 0 aliphatic rings. The fourth-order valence-corrected chi connectivity index (χ4v) is 0. The highest BCUT2D eigenvalue weighted by Gasteiger charge is 1.70. The molecule has 0 bridgehead atoms. The van der Waals surface area contributed by atoms with Crippen molar-refractivity contribution in [2.75, 3.05) is 0 Å². The van der Waals surface area contributed by atoms with Crippen LogP contribution in [0, 0.1) is 0 Å². The standard InChI is InChI=1S/C3H6O.2CH2O3/c1-3(2)4;2*2-1(3)4/h4H,1H2,2H3;2*(H2,2,3,4). The lowest BCUT2D eigenvalue weighted by Crippen LogP contribution is -1.81. The molecule has 0 spiro atoms. The van der Waals surface area contributed by atoms with E-state index >= 15 is 0 Å². The molecule has 72 valence electrons. The second kappa shape index (κ2) is 11.8. The van der Waals surface area contributed by atoms with E-state index < -0.39 is 12.3 Å². The third-order valence-corrected chi connectivity index (χ3v) is 0. The molecule has 0 unspecified atom stereocenters. The molecule has 0 fully saturated rings. The number of allylic oxidation sites excluding steroid dienone is 1. The van der Waals surface area contributed by atoms with E-state index in [4.69, 9.17) is 35.1 Å². The predicted molar refractivity (Wildman–Crippen MR) is 38.7 cm³/mol. The quantitative estimate of drug-likeness (QED) is 0.358. The smallest absolute Gasteiger partial charge is 0.503 e. The fraction of sp³-hybridized carbons (Fsp3) is 0.200. The third kappa shape index (κ3) is 110. The van der Waals surface area contributed by atoms with E-state index in [0.717, 1.165) is 0 Å². The molecule has 0 atom stereocenters. The van der Waals surface area contributed by atoms with Crippen LogP contribution in [-0.4, -0.2) is 37.8 Å². The largest absolute Gasteiger partial charge is 0.513 e. The van der Waals surface area contributed by atoms with Gasteiger partial charge in [0.15, 0.2) is 0 Å². The summed E-state index contributed by atoms with van der Waals surface area (Å²) in [7, 11) is 0. The molecule has 0 heterocycles. The number of carbonyl (C=O) groups is 2. The van der Waals surface area contributed by atoms with E-state index in [1.165, 1.54) is 6.92 Å². The van der Waals surface area contributed by atoms with Crippen LogP contribution in [0.5, 0.6) is 0 Å². The van der Waals surface area contributed by atoms with Crippen molar-refractivity contribution in [3.63, 3.8) is 0 Å². The number of hydrogen-bond donors (Lipinski definition) is 5. The SMILES string of the molecule is C=C(C)O.O=C(O)O.O=C(O)O. The summed E-state index contributed by atoms with van der Waals surface area (Å²) in [5.41, 5.74) is 0. The lowest BCUT2D eigenvalue weighted by molar-refractivity contribution is 0.135. The molecular weight excluding hydrogens is 172 g/mol. The summed E-state index contributed by atoms with van der Waals surface area (Å²) in [4.78, 5) is 17.1. The van der Waals surface area contributed by atoms with E-state index in [1.807, 2.05) is 0 Å². The summed E-state index contributed by atoms with van der Waals surface area (Å²) in [5.74, 6) is 0.167. The molecule has 0 saturated carbocycles. The van der Waals surface area contributed by atoms with Gasteiger partial charge in [-0.1, -0.05) is 6.58 Å². The minimum absolute atomic E-state index is 0.167. The van der Waals surface area contributed by atoms with Crippen LogP contribution in [0.4, 0.5) is 9.59 Å². The summed E-state index contributed by atoms with van der Waals surface area (Å²) in [6, 6.07) is 0. The Balaban J connectivity index is -0.000000101. The maximum Gasteiger partial charge on any atom is 0.503 e. The number of aliphatic hydroxyl groups is 1. The van der Waals surface area contributed by atoms with E-state index in [9.17, 15) is 0 Å². The fourth-order valence-electron chi connectivity index (χ4n) is 0. The Morgan fingerprint density at radius 3 is 0.917 bits per heavy atom. The zero-order valence-electron chi connectivity index (χ0n) is 6.26. The lowest BCUT2D eigenvalue weighted by Gasteiger charge is -1.68. The Hall–Kier alpha value is -1.92. The predicted octanol–water partition coefficient (Wildman–Crippen LogP) is 1.52. The molecule has 7 nitrogen and oxygen atoms in total. The molecule has 7 heteroatoms. The first kappa shape index (κ1) is 16.6. The number of hydrogen-bond acceptors (Lipinski definition) is 3. The van der Waals surface area contributed by atoms with E-state index in [2.05, 4.69) is 6.58 Å². The van der Waals surface area contributed by atoms with Crippen LogP contribution in [0.1, 0.15) is 6.92 Å². The van der Waals surface area contributed by atoms with E-state index in [0.29, 0.717) is 0 Å². The zero-order valence-corrected chi connectivity index (χ0v) is 6.26. The number of rotatable bonds is 0. The van der Waals surface area contributed by atoms with Crippen LogP contribution in [0.15, 0.2) is 12.3 Å². The highest BCUT2D eigenvalue weighted by Crippen LogP contribution is 1.66. The van der Waals surface area contributed by atoms with Gasteiger partial charge in [-0.2, -0.15) is 0 Å². The average molecular weight is 182 g/mol. The van der Waals surface area contributed by atoms with Crippen molar-refractivity contribution in [1.29, 1.82) is 0 Å². The average Bonchev–Trinajstić information content (AvgIpc) is 1.54.